The van der Waals surface area contributed by atoms with E-state index < -0.39 is 16.1 Å². The van der Waals surface area contributed by atoms with E-state index in [-0.39, 0.29) is 16.7 Å². The van der Waals surface area contributed by atoms with Crippen LogP contribution in [0.15, 0.2) is 53.4 Å². The molecule has 0 saturated carbocycles. The van der Waals surface area contributed by atoms with Gasteiger partial charge < -0.3 is 10.6 Å². The molecular weight excluding hydrogens is 378 g/mol. The third-order valence-electron chi connectivity index (χ3n) is 4.61. The minimum absolute atomic E-state index is 0.181. The number of anilines is 2. The molecule has 0 radical (unpaired) electrons. The molecule has 3 rings (SSSR count). The van der Waals surface area contributed by atoms with E-state index in [1.54, 1.807) is 48.5 Å². The number of sulfonamides is 1. The third kappa shape index (κ3) is 4.40. The number of hydrogen-bond acceptors (Lipinski definition) is 4. The van der Waals surface area contributed by atoms with Gasteiger partial charge in [-0.3, -0.25) is 9.59 Å². The number of aryl methyl sites for hydroxylation is 1. The van der Waals surface area contributed by atoms with Gasteiger partial charge in [0, 0.05) is 24.8 Å². The van der Waals surface area contributed by atoms with Gasteiger partial charge in [0.1, 0.15) is 6.04 Å². The Hall–Kier alpha value is -2.71. The SMILES string of the molecule is CC(=O)Nc1ccc(NC(=O)[C@@H]2CCCN2S(=O)(=O)c2ccc(C)cc2)cc1. The highest BCUT2D eigenvalue weighted by Gasteiger charge is 2.39. The van der Waals surface area contributed by atoms with Crippen molar-refractivity contribution < 1.29 is 18.0 Å². The van der Waals surface area contributed by atoms with E-state index in [1.807, 2.05) is 6.92 Å². The number of nitrogens with one attached hydrogen (secondary N) is 2. The molecule has 2 aromatic carbocycles. The van der Waals surface area contributed by atoms with Crippen LogP contribution < -0.4 is 10.6 Å². The maximum Gasteiger partial charge on any atom is 0.243 e. The summed E-state index contributed by atoms with van der Waals surface area (Å²) in [6.45, 7) is 3.62. The van der Waals surface area contributed by atoms with Crippen molar-refractivity contribution in [3.63, 3.8) is 0 Å². The number of rotatable bonds is 5. The lowest BCUT2D eigenvalue weighted by Gasteiger charge is -2.23. The molecule has 0 aromatic heterocycles. The van der Waals surface area contributed by atoms with E-state index in [2.05, 4.69) is 10.6 Å². The van der Waals surface area contributed by atoms with Gasteiger partial charge in [-0.05, 0) is 56.2 Å². The molecule has 28 heavy (non-hydrogen) atoms. The summed E-state index contributed by atoms with van der Waals surface area (Å²) in [7, 11) is -3.74. The highest BCUT2D eigenvalue weighted by atomic mass is 32.2. The first-order chi connectivity index (χ1) is 13.3. The van der Waals surface area contributed by atoms with Crippen molar-refractivity contribution in [3.8, 4) is 0 Å². The van der Waals surface area contributed by atoms with Gasteiger partial charge in [-0.15, -0.1) is 0 Å². The van der Waals surface area contributed by atoms with Gasteiger partial charge in [-0.25, -0.2) is 8.42 Å². The normalized spacial score (nSPS) is 17.3. The molecule has 8 heteroatoms. The lowest BCUT2D eigenvalue weighted by molar-refractivity contribution is -0.119. The number of hydrogen-bond donors (Lipinski definition) is 2. The maximum absolute atomic E-state index is 13.0. The first-order valence-corrected chi connectivity index (χ1v) is 10.5. The second kappa shape index (κ2) is 8.12. The fraction of sp³-hybridized carbons (Fsp3) is 0.300. The number of amides is 2. The Kier molecular flexibility index (Phi) is 5.81. The Labute approximate surface area is 164 Å². The number of carbonyl (C=O) groups excluding carboxylic acids is 2. The molecule has 1 heterocycles. The van der Waals surface area contributed by atoms with Gasteiger partial charge in [-0.2, -0.15) is 4.31 Å². The summed E-state index contributed by atoms with van der Waals surface area (Å²) in [4.78, 5) is 24.0. The number of nitrogens with zero attached hydrogens (tertiary/aromatic N) is 1. The zero-order valence-corrected chi connectivity index (χ0v) is 16.6. The van der Waals surface area contributed by atoms with Crippen molar-refractivity contribution >= 4 is 33.2 Å². The monoisotopic (exact) mass is 401 g/mol. The predicted octanol–water partition coefficient (Wildman–Crippen LogP) is 2.75. The average Bonchev–Trinajstić information content (AvgIpc) is 3.14. The molecule has 1 fully saturated rings. The average molecular weight is 401 g/mol. The van der Waals surface area contributed by atoms with Gasteiger partial charge in [-0.1, -0.05) is 17.7 Å². The van der Waals surface area contributed by atoms with Gasteiger partial charge in [0.25, 0.3) is 0 Å². The van der Waals surface area contributed by atoms with E-state index in [4.69, 9.17) is 0 Å². The van der Waals surface area contributed by atoms with Gasteiger partial charge in [0.05, 0.1) is 4.90 Å². The lowest BCUT2D eigenvalue weighted by atomic mass is 10.2. The maximum atomic E-state index is 13.0. The molecule has 148 valence electrons. The van der Waals surface area contributed by atoms with Crippen molar-refractivity contribution in [1.82, 2.24) is 4.31 Å². The molecular formula is C20H23N3O4S. The van der Waals surface area contributed by atoms with Crippen LogP contribution in [-0.2, 0) is 19.6 Å². The lowest BCUT2D eigenvalue weighted by Crippen LogP contribution is -2.43. The van der Waals surface area contributed by atoms with Crippen molar-refractivity contribution in [2.75, 3.05) is 17.2 Å². The molecule has 0 spiro atoms. The molecule has 2 N–H and O–H groups in total. The molecule has 2 amide bonds. The van der Waals surface area contributed by atoms with Crippen LogP contribution in [0, 0.1) is 6.92 Å². The second-order valence-electron chi connectivity index (χ2n) is 6.83. The smallest absolute Gasteiger partial charge is 0.243 e. The standard InChI is InChI=1S/C20H23N3O4S/c1-14-5-11-18(12-6-14)28(26,27)23-13-3-4-19(23)20(25)22-17-9-7-16(8-10-17)21-15(2)24/h5-12,19H,3-4,13H2,1-2H3,(H,21,24)(H,22,25)/t19-/m0/s1. The molecule has 2 aromatic rings. The van der Waals surface area contributed by atoms with Crippen LogP contribution in [0.4, 0.5) is 11.4 Å². The van der Waals surface area contributed by atoms with E-state index in [0.29, 0.717) is 30.8 Å². The van der Waals surface area contributed by atoms with E-state index in [1.165, 1.54) is 11.2 Å². The van der Waals surface area contributed by atoms with Crippen molar-refractivity contribution in [1.29, 1.82) is 0 Å². The zero-order valence-electron chi connectivity index (χ0n) is 15.8. The Bertz CT molecular complexity index is 970. The summed E-state index contributed by atoms with van der Waals surface area (Å²) >= 11 is 0. The van der Waals surface area contributed by atoms with Crippen LogP contribution in [0.3, 0.4) is 0 Å². The van der Waals surface area contributed by atoms with Crippen molar-refractivity contribution in [3.05, 3.63) is 54.1 Å². The number of benzene rings is 2. The van der Waals surface area contributed by atoms with Crippen LogP contribution >= 0.6 is 0 Å². The van der Waals surface area contributed by atoms with Crippen molar-refractivity contribution in [2.24, 2.45) is 0 Å². The Morgan fingerprint density at radius 2 is 1.54 bits per heavy atom. The molecule has 1 atom stereocenters. The Morgan fingerprint density at radius 1 is 0.964 bits per heavy atom. The van der Waals surface area contributed by atoms with Gasteiger partial charge in [0.15, 0.2) is 0 Å². The first kappa shape index (κ1) is 20.0. The van der Waals surface area contributed by atoms with E-state index in [9.17, 15) is 18.0 Å². The summed E-state index contributed by atoms with van der Waals surface area (Å²) in [5.74, 6) is -0.542. The summed E-state index contributed by atoms with van der Waals surface area (Å²) in [6, 6.07) is 12.6. The van der Waals surface area contributed by atoms with Crippen LogP contribution in [0.5, 0.6) is 0 Å². The molecule has 0 unspecified atom stereocenters. The topological polar surface area (TPSA) is 95.6 Å². The molecule has 1 saturated heterocycles. The predicted molar refractivity (Wildman–Crippen MR) is 107 cm³/mol. The van der Waals surface area contributed by atoms with Crippen LogP contribution in [-0.4, -0.2) is 37.1 Å². The summed E-state index contributed by atoms with van der Waals surface area (Å²) in [6.07, 6.45) is 1.10. The van der Waals surface area contributed by atoms with E-state index in [0.717, 1.165) is 5.56 Å². The second-order valence-corrected chi connectivity index (χ2v) is 8.73. The minimum Gasteiger partial charge on any atom is -0.326 e. The molecule has 0 bridgehead atoms. The summed E-state index contributed by atoms with van der Waals surface area (Å²) in [5, 5.41) is 5.42. The highest BCUT2D eigenvalue weighted by molar-refractivity contribution is 7.89. The quantitative estimate of drug-likeness (QED) is 0.805. The molecule has 1 aliphatic rings. The summed E-state index contributed by atoms with van der Waals surface area (Å²) < 4.78 is 27.2. The highest BCUT2D eigenvalue weighted by Crippen LogP contribution is 2.27. The molecule has 7 nitrogen and oxygen atoms in total. The van der Waals surface area contributed by atoms with Crippen LogP contribution in [0.25, 0.3) is 0 Å². The molecule has 1 aliphatic heterocycles. The number of carbonyl (C=O) groups is 2. The van der Waals surface area contributed by atoms with E-state index >= 15 is 0 Å². The fourth-order valence-electron chi connectivity index (χ4n) is 3.20. The molecule has 0 aliphatic carbocycles. The van der Waals surface area contributed by atoms with Gasteiger partial charge >= 0.3 is 0 Å². The summed E-state index contributed by atoms with van der Waals surface area (Å²) in [5.41, 5.74) is 2.13. The Morgan fingerprint density at radius 3 is 2.11 bits per heavy atom. The largest absolute Gasteiger partial charge is 0.326 e. The zero-order chi connectivity index (χ0) is 20.3. The fourth-order valence-corrected chi connectivity index (χ4v) is 4.86. The van der Waals surface area contributed by atoms with Crippen LogP contribution in [0.1, 0.15) is 25.3 Å². The Balaban J connectivity index is 1.74. The van der Waals surface area contributed by atoms with Crippen molar-refractivity contribution in [2.45, 2.75) is 37.6 Å². The van der Waals surface area contributed by atoms with Crippen LogP contribution in [0.2, 0.25) is 0 Å². The minimum atomic E-state index is -3.74. The third-order valence-corrected chi connectivity index (χ3v) is 6.53. The first-order valence-electron chi connectivity index (χ1n) is 9.04. The van der Waals surface area contributed by atoms with Gasteiger partial charge in [0.2, 0.25) is 21.8 Å².